The zero-order valence-corrected chi connectivity index (χ0v) is 19.5. The number of carbonyl (C=O) groups excluding carboxylic acids is 1. The third-order valence-corrected chi connectivity index (χ3v) is 6.43. The number of amides is 1. The van der Waals surface area contributed by atoms with Crippen LogP contribution in [0.3, 0.4) is 0 Å². The molecule has 3 heterocycles. The zero-order chi connectivity index (χ0) is 23.8. The Morgan fingerprint density at radius 1 is 1.36 bits per heavy atom. The molecule has 4 rings (SSSR count). The number of benzene rings is 1. The first-order valence-electron chi connectivity index (χ1n) is 10.2. The van der Waals surface area contributed by atoms with E-state index in [9.17, 15) is 17.6 Å². The molecule has 0 aliphatic carbocycles. The molecule has 1 aromatic carbocycles. The van der Waals surface area contributed by atoms with Gasteiger partial charge in [-0.05, 0) is 24.6 Å². The number of nitrogens with one attached hydrogen (secondary N) is 1. The zero-order valence-electron chi connectivity index (χ0n) is 17.9. The molecule has 1 N–H and O–H groups in total. The molecule has 1 saturated heterocycles. The second-order valence-electron chi connectivity index (χ2n) is 8.02. The summed E-state index contributed by atoms with van der Waals surface area (Å²) in [6, 6.07) is 5.43. The lowest BCUT2D eigenvalue weighted by atomic mass is 9.91. The fraction of sp³-hybridized carbons (Fsp3) is 0.318. The van der Waals surface area contributed by atoms with Crippen molar-refractivity contribution in [3.8, 4) is 0 Å². The summed E-state index contributed by atoms with van der Waals surface area (Å²) < 4.78 is 43.9. The Morgan fingerprint density at radius 2 is 2.12 bits per heavy atom. The van der Waals surface area contributed by atoms with E-state index in [1.807, 2.05) is 4.57 Å². The molecule has 1 aliphatic rings. The van der Waals surface area contributed by atoms with E-state index in [4.69, 9.17) is 16.3 Å². The average molecular weight is 493 g/mol. The lowest BCUT2D eigenvalue weighted by Gasteiger charge is -2.35. The number of fused-ring (bicyclic) bond motifs is 1. The van der Waals surface area contributed by atoms with Crippen molar-refractivity contribution in [1.82, 2.24) is 19.9 Å². The Morgan fingerprint density at radius 3 is 2.79 bits per heavy atom. The summed E-state index contributed by atoms with van der Waals surface area (Å²) in [6.07, 6.45) is 5.61. The number of pyridine rings is 1. The van der Waals surface area contributed by atoms with Gasteiger partial charge in [-0.3, -0.25) is 4.79 Å². The van der Waals surface area contributed by atoms with Crippen molar-refractivity contribution in [2.75, 3.05) is 19.5 Å². The fourth-order valence-corrected chi connectivity index (χ4v) is 4.44. The number of aromatic nitrogens is 3. The normalized spacial score (nSPS) is 16.6. The Hall–Kier alpha value is -2.82. The van der Waals surface area contributed by atoms with Crippen LogP contribution in [0.25, 0.3) is 11.0 Å². The van der Waals surface area contributed by atoms with Gasteiger partial charge in [-0.1, -0.05) is 29.8 Å². The van der Waals surface area contributed by atoms with Crippen LogP contribution in [0.2, 0.25) is 5.02 Å². The van der Waals surface area contributed by atoms with Crippen molar-refractivity contribution >= 4 is 38.4 Å². The SMILES string of the molecule is C[C@H](/C=C/S(C)(=O)=O)NC(=O)c1cc2ncn([C@H](c3cccc(F)c3Cl)C3COC3)c2cn1. The van der Waals surface area contributed by atoms with Gasteiger partial charge in [-0.2, -0.15) is 0 Å². The van der Waals surface area contributed by atoms with E-state index in [0.29, 0.717) is 29.8 Å². The summed E-state index contributed by atoms with van der Waals surface area (Å²) in [4.78, 5) is 21.3. The summed E-state index contributed by atoms with van der Waals surface area (Å²) in [7, 11) is -3.29. The minimum Gasteiger partial charge on any atom is -0.381 e. The fourth-order valence-electron chi connectivity index (χ4n) is 3.68. The van der Waals surface area contributed by atoms with Crippen molar-refractivity contribution in [2.24, 2.45) is 5.92 Å². The standard InChI is InChI=1S/C22H22ClFN4O4S/c1-13(6-7-33(2,30)31)27-22(29)18-8-17-19(9-25-18)28(12-26-17)21(14-10-32-11-14)15-4-3-5-16(24)20(15)23/h3-9,12-14,21H,10-11H2,1-2H3,(H,27,29)/b7-6+/t13-,21+/m1/s1. The molecule has 33 heavy (non-hydrogen) atoms. The molecule has 0 unspecified atom stereocenters. The van der Waals surface area contributed by atoms with Crippen LogP contribution in [-0.4, -0.2) is 54.4 Å². The first kappa shape index (κ1) is 23.3. The van der Waals surface area contributed by atoms with E-state index in [1.165, 1.54) is 18.3 Å². The number of nitrogens with zero attached hydrogens (tertiary/aromatic N) is 3. The molecule has 0 saturated carbocycles. The van der Waals surface area contributed by atoms with E-state index >= 15 is 0 Å². The van der Waals surface area contributed by atoms with Crippen LogP contribution in [0.4, 0.5) is 4.39 Å². The van der Waals surface area contributed by atoms with Crippen LogP contribution < -0.4 is 5.32 Å². The molecular formula is C22H22ClFN4O4S. The maximum atomic E-state index is 14.2. The van der Waals surface area contributed by atoms with Gasteiger partial charge in [0.15, 0.2) is 9.84 Å². The summed E-state index contributed by atoms with van der Waals surface area (Å²) in [5, 5.41) is 3.77. The Balaban J connectivity index is 1.64. The van der Waals surface area contributed by atoms with Crippen LogP contribution in [-0.2, 0) is 14.6 Å². The quantitative estimate of drug-likeness (QED) is 0.543. The van der Waals surface area contributed by atoms with Crippen LogP contribution in [0.5, 0.6) is 0 Å². The third kappa shape index (κ3) is 5.07. The highest BCUT2D eigenvalue weighted by Gasteiger charge is 2.34. The maximum Gasteiger partial charge on any atom is 0.270 e. The van der Waals surface area contributed by atoms with E-state index in [1.54, 1.807) is 31.5 Å². The Labute approximate surface area is 195 Å². The first-order valence-corrected chi connectivity index (χ1v) is 12.5. The minimum absolute atomic E-state index is 0.0522. The predicted molar refractivity (Wildman–Crippen MR) is 122 cm³/mol. The van der Waals surface area contributed by atoms with Gasteiger partial charge in [0.2, 0.25) is 0 Å². The predicted octanol–water partition coefficient (Wildman–Crippen LogP) is 3.14. The summed E-state index contributed by atoms with van der Waals surface area (Å²) in [5.74, 6) is -0.888. The van der Waals surface area contributed by atoms with E-state index < -0.39 is 27.6 Å². The van der Waals surface area contributed by atoms with E-state index in [2.05, 4.69) is 15.3 Å². The minimum atomic E-state index is -3.29. The molecule has 0 bridgehead atoms. The number of imidazole rings is 1. The van der Waals surface area contributed by atoms with Crippen LogP contribution >= 0.6 is 11.6 Å². The second kappa shape index (κ2) is 9.20. The highest BCUT2D eigenvalue weighted by Crippen LogP contribution is 2.38. The smallest absolute Gasteiger partial charge is 0.270 e. The van der Waals surface area contributed by atoms with Gasteiger partial charge in [0.25, 0.3) is 5.91 Å². The van der Waals surface area contributed by atoms with Crippen LogP contribution in [0.15, 0.2) is 48.3 Å². The van der Waals surface area contributed by atoms with Gasteiger partial charge in [0, 0.05) is 23.6 Å². The number of hydrogen-bond acceptors (Lipinski definition) is 6. The summed E-state index contributed by atoms with van der Waals surface area (Å²) in [5.41, 5.74) is 1.96. The van der Waals surface area contributed by atoms with Crippen molar-refractivity contribution in [2.45, 2.75) is 19.0 Å². The molecule has 1 amide bonds. The second-order valence-corrected chi connectivity index (χ2v) is 10.3. The van der Waals surface area contributed by atoms with Gasteiger partial charge in [-0.25, -0.2) is 22.8 Å². The highest BCUT2D eigenvalue weighted by molar-refractivity contribution is 7.93. The van der Waals surface area contributed by atoms with Gasteiger partial charge in [-0.15, -0.1) is 0 Å². The van der Waals surface area contributed by atoms with E-state index in [0.717, 1.165) is 11.7 Å². The molecule has 0 radical (unpaired) electrons. The number of sulfone groups is 1. The van der Waals surface area contributed by atoms with Crippen molar-refractivity contribution in [1.29, 1.82) is 0 Å². The number of hydrogen-bond donors (Lipinski definition) is 1. The number of halogens is 2. The molecule has 2 aromatic heterocycles. The molecule has 174 valence electrons. The monoisotopic (exact) mass is 492 g/mol. The van der Waals surface area contributed by atoms with Crippen molar-refractivity contribution in [3.63, 3.8) is 0 Å². The third-order valence-electron chi connectivity index (χ3n) is 5.38. The molecular weight excluding hydrogens is 471 g/mol. The van der Waals surface area contributed by atoms with Gasteiger partial charge in [0.1, 0.15) is 11.5 Å². The van der Waals surface area contributed by atoms with Gasteiger partial charge in [0.05, 0.1) is 47.8 Å². The van der Waals surface area contributed by atoms with Crippen LogP contribution in [0, 0.1) is 11.7 Å². The summed E-state index contributed by atoms with van der Waals surface area (Å²) >= 11 is 6.29. The lowest BCUT2D eigenvalue weighted by Crippen LogP contribution is -2.36. The van der Waals surface area contributed by atoms with Gasteiger partial charge < -0.3 is 14.6 Å². The first-order chi connectivity index (χ1) is 15.6. The molecule has 0 spiro atoms. The van der Waals surface area contributed by atoms with Crippen LogP contribution in [0.1, 0.15) is 29.0 Å². The molecule has 11 heteroatoms. The number of ether oxygens (including phenoxy) is 1. The Bertz CT molecular complexity index is 1340. The molecule has 1 fully saturated rings. The maximum absolute atomic E-state index is 14.2. The lowest BCUT2D eigenvalue weighted by molar-refractivity contribution is -0.0490. The topological polar surface area (TPSA) is 103 Å². The van der Waals surface area contributed by atoms with Crippen molar-refractivity contribution in [3.05, 3.63) is 70.4 Å². The van der Waals surface area contributed by atoms with E-state index in [-0.39, 0.29) is 22.7 Å². The number of carbonyl (C=O) groups is 1. The molecule has 8 nitrogen and oxygen atoms in total. The molecule has 1 aliphatic heterocycles. The average Bonchev–Trinajstić information content (AvgIpc) is 3.13. The molecule has 3 aromatic rings. The van der Waals surface area contributed by atoms with Crippen molar-refractivity contribution < 1.29 is 22.3 Å². The molecule has 2 atom stereocenters. The highest BCUT2D eigenvalue weighted by atomic mass is 35.5. The largest absolute Gasteiger partial charge is 0.381 e. The Kier molecular flexibility index (Phi) is 6.51. The number of rotatable bonds is 7. The summed E-state index contributed by atoms with van der Waals surface area (Å²) in [6.45, 7) is 2.66. The van der Waals surface area contributed by atoms with Gasteiger partial charge >= 0.3 is 0 Å².